The molecule has 1 saturated carbocycles. The summed E-state index contributed by atoms with van der Waals surface area (Å²) in [6, 6.07) is 3.04. The minimum atomic E-state index is 0.880. The van der Waals surface area contributed by atoms with Crippen LogP contribution in [0.15, 0.2) is 15.9 Å². The normalized spacial score (nSPS) is 16.2. The summed E-state index contributed by atoms with van der Waals surface area (Å²) in [5.74, 6) is 0. The average molecular weight is 288 g/mol. The third kappa shape index (κ3) is 3.30. The molecule has 1 aliphatic carbocycles. The third-order valence-electron chi connectivity index (χ3n) is 2.90. The molecule has 0 atom stereocenters. The van der Waals surface area contributed by atoms with Gasteiger partial charge < -0.3 is 0 Å². The molecule has 1 aliphatic rings. The van der Waals surface area contributed by atoms with Gasteiger partial charge in [0.15, 0.2) is 0 Å². The fraction of sp³-hybridized carbons (Fsp3) is 0.667. The second-order valence-corrected chi connectivity index (χ2v) is 6.10. The summed E-state index contributed by atoms with van der Waals surface area (Å²) in [5, 5.41) is 2.17. The van der Waals surface area contributed by atoms with E-state index in [1.807, 2.05) is 11.3 Å². The monoisotopic (exact) mass is 287 g/mol. The van der Waals surface area contributed by atoms with E-state index in [9.17, 15) is 0 Å². The summed E-state index contributed by atoms with van der Waals surface area (Å²) in [6.07, 6.45) is 5.45. The number of nitrogens with zero attached hydrogens (tertiary/aromatic N) is 1. The zero-order chi connectivity index (χ0) is 10.7. The molecule has 3 heteroatoms. The Bertz CT molecular complexity index is 306. The molecule has 2 rings (SSSR count). The van der Waals surface area contributed by atoms with Crippen molar-refractivity contribution in [1.29, 1.82) is 0 Å². The largest absolute Gasteiger partial charge is 0.295 e. The van der Waals surface area contributed by atoms with Gasteiger partial charge in [-0.2, -0.15) is 0 Å². The van der Waals surface area contributed by atoms with Crippen molar-refractivity contribution in [2.24, 2.45) is 0 Å². The van der Waals surface area contributed by atoms with Gasteiger partial charge in [-0.25, -0.2) is 0 Å². The highest BCUT2D eigenvalue weighted by Gasteiger charge is 2.28. The molecule has 1 aromatic heterocycles. The van der Waals surface area contributed by atoms with E-state index < -0.39 is 0 Å². The lowest BCUT2D eigenvalue weighted by molar-refractivity contribution is 0.252. The highest BCUT2D eigenvalue weighted by molar-refractivity contribution is 9.10. The van der Waals surface area contributed by atoms with Crippen LogP contribution in [-0.2, 0) is 6.54 Å². The number of hydrogen-bond donors (Lipinski definition) is 0. The lowest BCUT2D eigenvalue weighted by Gasteiger charge is -2.21. The topological polar surface area (TPSA) is 3.24 Å². The van der Waals surface area contributed by atoms with E-state index in [1.165, 1.54) is 41.6 Å². The highest BCUT2D eigenvalue weighted by Crippen LogP contribution is 2.31. The maximum Gasteiger partial charge on any atom is 0.0342 e. The molecule has 0 aromatic carbocycles. The van der Waals surface area contributed by atoms with E-state index in [0.717, 1.165) is 12.6 Å². The van der Waals surface area contributed by atoms with Crippen molar-refractivity contribution < 1.29 is 0 Å². The molecule has 0 saturated heterocycles. The second-order valence-electron chi connectivity index (χ2n) is 4.25. The molecule has 0 bridgehead atoms. The Labute approximate surface area is 105 Å². The van der Waals surface area contributed by atoms with Gasteiger partial charge in [0, 0.05) is 21.9 Å². The smallest absolute Gasteiger partial charge is 0.0342 e. The van der Waals surface area contributed by atoms with Crippen molar-refractivity contribution in [3.8, 4) is 0 Å². The van der Waals surface area contributed by atoms with Crippen molar-refractivity contribution in [2.75, 3.05) is 6.54 Å². The summed E-state index contributed by atoms with van der Waals surface area (Å²) < 4.78 is 1.29. The first kappa shape index (κ1) is 11.6. The molecule has 1 fully saturated rings. The Kier molecular flexibility index (Phi) is 4.23. The van der Waals surface area contributed by atoms with E-state index in [-0.39, 0.29) is 0 Å². The molecular weight excluding hydrogens is 270 g/mol. The Balaban J connectivity index is 1.91. The van der Waals surface area contributed by atoms with Crippen LogP contribution in [0.4, 0.5) is 0 Å². The van der Waals surface area contributed by atoms with Gasteiger partial charge in [-0.1, -0.05) is 13.3 Å². The number of halogens is 1. The molecule has 0 aliphatic heterocycles. The fourth-order valence-corrected chi connectivity index (χ4v) is 3.32. The van der Waals surface area contributed by atoms with E-state index in [2.05, 4.69) is 39.2 Å². The molecule has 1 nitrogen and oxygen atoms in total. The van der Waals surface area contributed by atoms with E-state index >= 15 is 0 Å². The first-order valence-corrected chi connectivity index (χ1v) is 7.44. The van der Waals surface area contributed by atoms with Crippen LogP contribution in [0.25, 0.3) is 0 Å². The third-order valence-corrected chi connectivity index (χ3v) is 4.81. The minimum Gasteiger partial charge on any atom is -0.295 e. The summed E-state index contributed by atoms with van der Waals surface area (Å²) in [7, 11) is 0. The number of unbranched alkanes of at least 4 members (excludes halogenated alkanes) is 1. The van der Waals surface area contributed by atoms with Gasteiger partial charge in [0.1, 0.15) is 0 Å². The molecule has 0 spiro atoms. The maximum absolute atomic E-state index is 3.62. The zero-order valence-corrected chi connectivity index (χ0v) is 11.6. The Morgan fingerprint density at radius 1 is 1.53 bits per heavy atom. The quantitative estimate of drug-likeness (QED) is 0.755. The Hall–Kier alpha value is 0.140. The van der Waals surface area contributed by atoms with E-state index in [1.54, 1.807) is 0 Å². The van der Waals surface area contributed by atoms with Gasteiger partial charge in [-0.05, 0) is 53.2 Å². The van der Waals surface area contributed by atoms with Crippen LogP contribution in [0, 0.1) is 0 Å². The van der Waals surface area contributed by atoms with Gasteiger partial charge in [0.05, 0.1) is 0 Å². The van der Waals surface area contributed by atoms with Crippen molar-refractivity contribution in [1.82, 2.24) is 4.90 Å². The molecule has 1 aromatic rings. The van der Waals surface area contributed by atoms with E-state index in [4.69, 9.17) is 0 Å². The lowest BCUT2D eigenvalue weighted by atomic mass is 10.3. The van der Waals surface area contributed by atoms with Crippen LogP contribution in [0.5, 0.6) is 0 Å². The fourth-order valence-electron chi connectivity index (χ4n) is 1.81. The van der Waals surface area contributed by atoms with Crippen molar-refractivity contribution in [2.45, 2.75) is 45.2 Å². The highest BCUT2D eigenvalue weighted by atomic mass is 79.9. The predicted octanol–water partition coefficient (Wildman–Crippen LogP) is 4.28. The number of rotatable bonds is 6. The molecule has 15 heavy (non-hydrogen) atoms. The Morgan fingerprint density at radius 3 is 2.87 bits per heavy atom. The molecule has 0 radical (unpaired) electrons. The van der Waals surface area contributed by atoms with Crippen LogP contribution in [-0.4, -0.2) is 17.5 Å². The summed E-state index contributed by atoms with van der Waals surface area (Å²) in [4.78, 5) is 4.14. The second kappa shape index (κ2) is 5.46. The van der Waals surface area contributed by atoms with Gasteiger partial charge in [-0.3, -0.25) is 4.90 Å². The van der Waals surface area contributed by atoms with Crippen LogP contribution in [0.2, 0.25) is 0 Å². The summed E-state index contributed by atoms with van der Waals surface area (Å²) in [5.41, 5.74) is 0. The van der Waals surface area contributed by atoms with Crippen molar-refractivity contribution in [3.63, 3.8) is 0 Å². The summed E-state index contributed by atoms with van der Waals surface area (Å²) in [6.45, 7) is 4.68. The predicted molar refractivity (Wildman–Crippen MR) is 70.4 cm³/mol. The van der Waals surface area contributed by atoms with Gasteiger partial charge >= 0.3 is 0 Å². The zero-order valence-electron chi connectivity index (χ0n) is 9.21. The van der Waals surface area contributed by atoms with Crippen molar-refractivity contribution in [3.05, 3.63) is 20.8 Å². The van der Waals surface area contributed by atoms with E-state index in [0.29, 0.717) is 0 Å². The standard InChI is InChI=1S/C12H18BrNS/c1-2-3-7-14(10-4-5-10)9-12-11(13)6-8-15-12/h6,8,10H,2-5,7,9H2,1H3. The van der Waals surface area contributed by atoms with Crippen LogP contribution < -0.4 is 0 Å². The average Bonchev–Trinajstić information content (AvgIpc) is 2.99. The summed E-state index contributed by atoms with van der Waals surface area (Å²) >= 11 is 5.48. The van der Waals surface area contributed by atoms with Crippen LogP contribution in [0.3, 0.4) is 0 Å². The Morgan fingerprint density at radius 2 is 2.33 bits per heavy atom. The molecule has 1 heterocycles. The molecular formula is C12H18BrNS. The lowest BCUT2D eigenvalue weighted by Crippen LogP contribution is -2.26. The van der Waals surface area contributed by atoms with Gasteiger partial charge in [0.2, 0.25) is 0 Å². The van der Waals surface area contributed by atoms with Crippen LogP contribution in [0.1, 0.15) is 37.5 Å². The SMILES string of the molecule is CCCCN(Cc1sccc1Br)C1CC1. The first-order valence-electron chi connectivity index (χ1n) is 5.77. The van der Waals surface area contributed by atoms with Gasteiger partial charge in [-0.15, -0.1) is 11.3 Å². The number of hydrogen-bond acceptors (Lipinski definition) is 2. The minimum absolute atomic E-state index is 0.880. The first-order chi connectivity index (χ1) is 7.31. The van der Waals surface area contributed by atoms with Gasteiger partial charge in [0.25, 0.3) is 0 Å². The number of thiophene rings is 1. The van der Waals surface area contributed by atoms with Crippen molar-refractivity contribution >= 4 is 27.3 Å². The molecule has 0 amide bonds. The molecule has 0 unspecified atom stereocenters. The molecule has 84 valence electrons. The maximum atomic E-state index is 3.62. The molecule has 0 N–H and O–H groups in total. The van der Waals surface area contributed by atoms with Crippen LogP contribution >= 0.6 is 27.3 Å².